The van der Waals surface area contributed by atoms with Crippen LogP contribution in [0.3, 0.4) is 0 Å². The van der Waals surface area contributed by atoms with E-state index in [4.69, 9.17) is 39.2 Å². The summed E-state index contributed by atoms with van der Waals surface area (Å²) >= 11 is 19.0. The highest BCUT2D eigenvalue weighted by atomic mass is 35.5. The van der Waals surface area contributed by atoms with Gasteiger partial charge in [0, 0.05) is 27.5 Å². The Kier molecular flexibility index (Phi) is 5.51. The number of halogens is 3. The highest BCUT2D eigenvalue weighted by Crippen LogP contribution is 2.35. The van der Waals surface area contributed by atoms with Gasteiger partial charge in [0.15, 0.2) is 5.76 Å². The molecule has 0 spiro atoms. The summed E-state index contributed by atoms with van der Waals surface area (Å²) in [6, 6.07) is 22.3. The van der Waals surface area contributed by atoms with Crippen molar-refractivity contribution in [2.75, 3.05) is 0 Å². The fourth-order valence-corrected chi connectivity index (χ4v) is 4.30. The second-order valence-electron chi connectivity index (χ2n) is 7.26. The van der Waals surface area contributed by atoms with Gasteiger partial charge in [-0.3, -0.25) is 4.79 Å². The number of rotatable bonds is 5. The van der Waals surface area contributed by atoms with Crippen LogP contribution in [0.25, 0.3) is 22.2 Å². The fraction of sp³-hybridized carbons (Fsp3) is 0.0400. The largest absolute Gasteiger partial charge is 0.433 e. The lowest BCUT2D eigenvalue weighted by molar-refractivity contribution is 0.100. The third-order valence-corrected chi connectivity index (χ3v) is 6.08. The average Bonchev–Trinajstić information content (AvgIpc) is 3.39. The van der Waals surface area contributed by atoms with Crippen LogP contribution < -0.4 is 0 Å². The fourth-order valence-electron chi connectivity index (χ4n) is 3.66. The lowest BCUT2D eigenvalue weighted by atomic mass is 10.1. The summed E-state index contributed by atoms with van der Waals surface area (Å²) in [6.07, 6.45) is 1.54. The first-order chi connectivity index (χ1) is 15.5. The molecule has 0 bridgehead atoms. The van der Waals surface area contributed by atoms with Crippen LogP contribution in [0, 0.1) is 0 Å². The highest BCUT2D eigenvalue weighted by molar-refractivity contribution is 6.37. The minimum atomic E-state index is -0.403. The van der Waals surface area contributed by atoms with E-state index in [9.17, 15) is 4.79 Å². The molecule has 0 aliphatic rings. The van der Waals surface area contributed by atoms with Gasteiger partial charge in [-0.2, -0.15) is 0 Å². The molecule has 5 rings (SSSR count). The molecule has 0 saturated carbocycles. The van der Waals surface area contributed by atoms with E-state index in [1.54, 1.807) is 12.1 Å². The van der Waals surface area contributed by atoms with Gasteiger partial charge < -0.3 is 8.98 Å². The first kappa shape index (κ1) is 20.8. The van der Waals surface area contributed by atoms with Crippen LogP contribution >= 0.6 is 34.8 Å². The van der Waals surface area contributed by atoms with Crippen LogP contribution in [0.5, 0.6) is 0 Å². The number of nitrogens with zero attached hydrogens (tertiary/aromatic N) is 2. The zero-order valence-electron chi connectivity index (χ0n) is 16.6. The highest BCUT2D eigenvalue weighted by Gasteiger charge is 2.26. The number of hydrogen-bond acceptors (Lipinski definition) is 3. The van der Waals surface area contributed by atoms with E-state index in [0.29, 0.717) is 38.5 Å². The number of aromatic nitrogens is 2. The summed E-state index contributed by atoms with van der Waals surface area (Å²) in [5.41, 5.74) is 2.91. The van der Waals surface area contributed by atoms with Crippen molar-refractivity contribution in [3.8, 4) is 11.3 Å². The van der Waals surface area contributed by atoms with Crippen molar-refractivity contribution in [2.24, 2.45) is 0 Å². The third kappa shape index (κ3) is 3.82. The molecule has 158 valence electrons. The van der Waals surface area contributed by atoms with E-state index in [1.807, 2.05) is 65.2 Å². The van der Waals surface area contributed by atoms with Crippen LogP contribution in [-0.2, 0) is 6.54 Å². The molecule has 0 N–H and O–H groups in total. The predicted molar refractivity (Wildman–Crippen MR) is 128 cm³/mol. The second-order valence-corrected chi connectivity index (χ2v) is 8.50. The van der Waals surface area contributed by atoms with E-state index in [0.717, 1.165) is 16.6 Å². The van der Waals surface area contributed by atoms with Crippen LogP contribution in [-0.4, -0.2) is 15.3 Å². The molecular formula is C25H15Cl3N2O2. The topological polar surface area (TPSA) is 48.0 Å². The van der Waals surface area contributed by atoms with Gasteiger partial charge in [0.25, 0.3) is 11.7 Å². The Morgan fingerprint density at radius 3 is 2.38 bits per heavy atom. The molecule has 2 heterocycles. The maximum Gasteiger partial charge on any atom is 0.268 e. The monoisotopic (exact) mass is 480 g/mol. The maximum atomic E-state index is 13.4. The third-order valence-electron chi connectivity index (χ3n) is 5.20. The molecule has 2 aromatic heterocycles. The molecule has 32 heavy (non-hydrogen) atoms. The van der Waals surface area contributed by atoms with Crippen molar-refractivity contribution in [1.82, 2.24) is 9.55 Å². The smallest absolute Gasteiger partial charge is 0.268 e. The molecule has 0 aliphatic carbocycles. The molecule has 0 saturated heterocycles. The Bertz CT molecular complexity index is 1440. The summed E-state index contributed by atoms with van der Waals surface area (Å²) in [6.45, 7) is 0.461. The molecule has 0 amide bonds. The van der Waals surface area contributed by atoms with Crippen LogP contribution in [0.2, 0.25) is 15.2 Å². The summed E-state index contributed by atoms with van der Waals surface area (Å²) in [4.78, 5) is 17.6. The number of carbonyl (C=O) groups excluding carboxylic acids is 1. The molecule has 0 atom stereocenters. The first-order valence-electron chi connectivity index (χ1n) is 9.79. The number of benzene rings is 3. The Hall–Kier alpha value is -3.05. The maximum absolute atomic E-state index is 13.4. The zero-order chi connectivity index (χ0) is 22.2. The van der Waals surface area contributed by atoms with E-state index in [1.165, 1.54) is 6.20 Å². The minimum Gasteiger partial charge on any atom is -0.433 e. The van der Waals surface area contributed by atoms with Gasteiger partial charge in [0.1, 0.15) is 5.15 Å². The standard InChI is InChI=1S/C25H15Cl3N2O2/c26-17-8-6-15(7-9-17)14-30-20-11-10-18(27)12-19(20)22(24(30)28)23(31)25-29-13-21(32-25)16-4-2-1-3-5-16/h1-13H,14H2. The Morgan fingerprint density at radius 2 is 1.62 bits per heavy atom. The number of hydrogen-bond donors (Lipinski definition) is 0. The summed E-state index contributed by atoms with van der Waals surface area (Å²) in [5, 5.41) is 2.09. The molecule has 4 nitrogen and oxygen atoms in total. The molecule has 0 fully saturated rings. The molecule has 3 aromatic carbocycles. The number of oxazole rings is 1. The normalized spacial score (nSPS) is 11.2. The summed E-state index contributed by atoms with van der Waals surface area (Å²) in [5.74, 6) is 0.0728. The van der Waals surface area contributed by atoms with Crippen LogP contribution in [0.1, 0.15) is 21.8 Å². The van der Waals surface area contributed by atoms with Crippen molar-refractivity contribution in [1.29, 1.82) is 0 Å². The Balaban J connectivity index is 1.60. The SMILES string of the molecule is O=C(c1ncc(-c2ccccc2)o1)c1c(Cl)n(Cc2ccc(Cl)cc2)c2ccc(Cl)cc12. The molecule has 7 heteroatoms. The van der Waals surface area contributed by atoms with E-state index >= 15 is 0 Å². The molecular weight excluding hydrogens is 467 g/mol. The van der Waals surface area contributed by atoms with Crippen molar-refractivity contribution >= 4 is 51.5 Å². The van der Waals surface area contributed by atoms with Crippen molar-refractivity contribution in [3.63, 3.8) is 0 Å². The summed E-state index contributed by atoms with van der Waals surface area (Å²) in [7, 11) is 0. The van der Waals surface area contributed by atoms with Gasteiger partial charge in [-0.15, -0.1) is 0 Å². The van der Waals surface area contributed by atoms with E-state index < -0.39 is 5.78 Å². The Morgan fingerprint density at radius 1 is 0.906 bits per heavy atom. The first-order valence-corrected chi connectivity index (χ1v) is 10.9. The van der Waals surface area contributed by atoms with Gasteiger partial charge in [0.2, 0.25) is 0 Å². The minimum absolute atomic E-state index is 0.0312. The second kappa shape index (κ2) is 8.47. The van der Waals surface area contributed by atoms with Crippen LogP contribution in [0.15, 0.2) is 83.4 Å². The zero-order valence-corrected chi connectivity index (χ0v) is 18.8. The van der Waals surface area contributed by atoms with Gasteiger partial charge in [0.05, 0.1) is 17.3 Å². The lowest BCUT2D eigenvalue weighted by Gasteiger charge is -2.08. The van der Waals surface area contributed by atoms with Gasteiger partial charge in [-0.25, -0.2) is 4.98 Å². The van der Waals surface area contributed by atoms with Crippen molar-refractivity contribution in [3.05, 3.63) is 111 Å². The van der Waals surface area contributed by atoms with Crippen molar-refractivity contribution < 1.29 is 9.21 Å². The lowest BCUT2D eigenvalue weighted by Crippen LogP contribution is -2.04. The van der Waals surface area contributed by atoms with Gasteiger partial charge in [-0.05, 0) is 35.9 Å². The molecule has 0 aliphatic heterocycles. The van der Waals surface area contributed by atoms with E-state index in [2.05, 4.69) is 4.98 Å². The van der Waals surface area contributed by atoms with Crippen molar-refractivity contribution in [2.45, 2.75) is 6.54 Å². The Labute approximate surface area is 199 Å². The molecule has 0 radical (unpaired) electrons. The number of fused-ring (bicyclic) bond motifs is 1. The quantitative estimate of drug-likeness (QED) is 0.244. The van der Waals surface area contributed by atoms with Gasteiger partial charge >= 0.3 is 0 Å². The molecule has 5 aromatic rings. The van der Waals surface area contributed by atoms with Gasteiger partial charge in [-0.1, -0.05) is 77.3 Å². The number of carbonyl (C=O) groups is 1. The van der Waals surface area contributed by atoms with Crippen LogP contribution in [0.4, 0.5) is 0 Å². The average molecular weight is 482 g/mol. The van der Waals surface area contributed by atoms with E-state index in [-0.39, 0.29) is 5.89 Å². The number of ketones is 1. The molecule has 0 unspecified atom stereocenters. The predicted octanol–water partition coefficient (Wildman–Crippen LogP) is 7.54. The summed E-state index contributed by atoms with van der Waals surface area (Å²) < 4.78 is 7.65.